The normalized spacial score (nSPS) is 11.7. The van der Waals surface area contributed by atoms with Crippen LogP contribution in [-0.2, 0) is 0 Å². The third-order valence-corrected chi connectivity index (χ3v) is 2.25. The van der Waals surface area contributed by atoms with Crippen molar-refractivity contribution in [2.24, 2.45) is 0 Å². The van der Waals surface area contributed by atoms with Crippen molar-refractivity contribution in [3.05, 3.63) is 30.3 Å². The summed E-state index contributed by atoms with van der Waals surface area (Å²) < 4.78 is 5.58. The predicted octanol–water partition coefficient (Wildman–Crippen LogP) is 2.07. The fourth-order valence-corrected chi connectivity index (χ4v) is 1.33. The second-order valence-corrected chi connectivity index (χ2v) is 3.34. The SMILES string of the molecule is C#CCC(CCOc1ccccc1)NC. The largest absolute Gasteiger partial charge is 0.494 e. The van der Waals surface area contributed by atoms with Gasteiger partial charge in [0.1, 0.15) is 5.75 Å². The topological polar surface area (TPSA) is 21.3 Å². The molecule has 0 saturated carbocycles. The summed E-state index contributed by atoms with van der Waals surface area (Å²) in [5.41, 5.74) is 0. The van der Waals surface area contributed by atoms with Gasteiger partial charge < -0.3 is 10.1 Å². The van der Waals surface area contributed by atoms with Gasteiger partial charge in [0.25, 0.3) is 0 Å². The van der Waals surface area contributed by atoms with E-state index in [9.17, 15) is 0 Å². The number of nitrogens with one attached hydrogen (secondary N) is 1. The van der Waals surface area contributed by atoms with E-state index in [2.05, 4.69) is 11.2 Å². The molecular formula is C13H17NO. The van der Waals surface area contributed by atoms with Crippen LogP contribution in [0.15, 0.2) is 30.3 Å². The number of terminal acetylenes is 1. The molecule has 1 unspecified atom stereocenters. The minimum Gasteiger partial charge on any atom is -0.494 e. The van der Waals surface area contributed by atoms with E-state index in [-0.39, 0.29) is 0 Å². The Kier molecular flexibility index (Phi) is 5.35. The van der Waals surface area contributed by atoms with Crippen molar-refractivity contribution in [2.75, 3.05) is 13.7 Å². The molecule has 0 radical (unpaired) electrons. The number of benzene rings is 1. The summed E-state index contributed by atoms with van der Waals surface area (Å²) >= 11 is 0. The van der Waals surface area contributed by atoms with Crippen molar-refractivity contribution >= 4 is 0 Å². The fourth-order valence-electron chi connectivity index (χ4n) is 1.33. The highest BCUT2D eigenvalue weighted by Crippen LogP contribution is 2.09. The lowest BCUT2D eigenvalue weighted by Crippen LogP contribution is -2.26. The first-order valence-corrected chi connectivity index (χ1v) is 5.15. The molecule has 1 atom stereocenters. The average molecular weight is 203 g/mol. The minimum absolute atomic E-state index is 0.346. The lowest BCUT2D eigenvalue weighted by molar-refractivity contribution is 0.290. The van der Waals surface area contributed by atoms with Gasteiger partial charge in [0.2, 0.25) is 0 Å². The van der Waals surface area contributed by atoms with Crippen molar-refractivity contribution in [1.82, 2.24) is 5.32 Å². The summed E-state index contributed by atoms with van der Waals surface area (Å²) in [4.78, 5) is 0. The van der Waals surface area contributed by atoms with E-state index in [1.165, 1.54) is 0 Å². The smallest absolute Gasteiger partial charge is 0.119 e. The summed E-state index contributed by atoms with van der Waals surface area (Å²) in [5, 5.41) is 3.17. The van der Waals surface area contributed by atoms with Crippen LogP contribution in [0.25, 0.3) is 0 Å². The molecule has 0 bridgehead atoms. The maximum atomic E-state index is 5.58. The summed E-state index contributed by atoms with van der Waals surface area (Å²) in [7, 11) is 1.92. The van der Waals surface area contributed by atoms with E-state index >= 15 is 0 Å². The van der Waals surface area contributed by atoms with Crippen LogP contribution in [-0.4, -0.2) is 19.7 Å². The van der Waals surface area contributed by atoms with Gasteiger partial charge in [-0.2, -0.15) is 0 Å². The molecule has 0 amide bonds. The highest BCUT2D eigenvalue weighted by Gasteiger charge is 2.03. The molecule has 0 fully saturated rings. The monoisotopic (exact) mass is 203 g/mol. The number of rotatable bonds is 6. The third-order valence-electron chi connectivity index (χ3n) is 2.25. The average Bonchev–Trinajstić information content (AvgIpc) is 2.29. The molecule has 1 aromatic carbocycles. The molecule has 1 aromatic rings. The second kappa shape index (κ2) is 6.92. The molecule has 2 nitrogen and oxygen atoms in total. The highest BCUT2D eigenvalue weighted by atomic mass is 16.5. The molecule has 15 heavy (non-hydrogen) atoms. The van der Waals surface area contributed by atoms with Gasteiger partial charge in [-0.1, -0.05) is 18.2 Å². The van der Waals surface area contributed by atoms with Crippen LogP contribution in [0.5, 0.6) is 5.75 Å². The molecule has 0 aliphatic carbocycles. The van der Waals surface area contributed by atoms with Gasteiger partial charge in [0.05, 0.1) is 6.61 Å². The van der Waals surface area contributed by atoms with E-state index in [1.807, 2.05) is 37.4 Å². The van der Waals surface area contributed by atoms with E-state index in [0.717, 1.165) is 18.6 Å². The van der Waals surface area contributed by atoms with Crippen molar-refractivity contribution in [1.29, 1.82) is 0 Å². The Labute approximate surface area is 91.6 Å². The Bertz CT molecular complexity index is 302. The van der Waals surface area contributed by atoms with Crippen LogP contribution >= 0.6 is 0 Å². The first-order chi connectivity index (χ1) is 7.36. The van der Waals surface area contributed by atoms with Gasteiger partial charge in [-0.3, -0.25) is 0 Å². The molecule has 0 aromatic heterocycles. The first-order valence-electron chi connectivity index (χ1n) is 5.15. The first kappa shape index (κ1) is 11.6. The van der Waals surface area contributed by atoms with Crippen molar-refractivity contribution in [2.45, 2.75) is 18.9 Å². The van der Waals surface area contributed by atoms with Gasteiger partial charge >= 0.3 is 0 Å². The van der Waals surface area contributed by atoms with Crippen LogP contribution in [0.1, 0.15) is 12.8 Å². The second-order valence-electron chi connectivity index (χ2n) is 3.34. The van der Waals surface area contributed by atoms with Gasteiger partial charge in [0, 0.05) is 12.5 Å². The highest BCUT2D eigenvalue weighted by molar-refractivity contribution is 5.20. The third kappa shape index (κ3) is 4.53. The van der Waals surface area contributed by atoms with Crippen molar-refractivity contribution in [3.8, 4) is 18.1 Å². The van der Waals surface area contributed by atoms with Crippen LogP contribution in [0.4, 0.5) is 0 Å². The minimum atomic E-state index is 0.346. The van der Waals surface area contributed by atoms with Crippen LogP contribution in [0.2, 0.25) is 0 Å². The van der Waals surface area contributed by atoms with Crippen LogP contribution in [0.3, 0.4) is 0 Å². The Morgan fingerprint density at radius 3 is 2.73 bits per heavy atom. The maximum absolute atomic E-state index is 5.58. The lowest BCUT2D eigenvalue weighted by Gasteiger charge is -2.13. The van der Waals surface area contributed by atoms with Gasteiger partial charge in [0.15, 0.2) is 0 Å². The zero-order valence-electron chi connectivity index (χ0n) is 9.07. The molecule has 80 valence electrons. The van der Waals surface area contributed by atoms with Crippen LogP contribution in [0, 0.1) is 12.3 Å². The zero-order valence-corrected chi connectivity index (χ0v) is 9.07. The molecule has 1 rings (SSSR count). The van der Waals surface area contributed by atoms with Crippen molar-refractivity contribution < 1.29 is 4.74 Å². The van der Waals surface area contributed by atoms with Gasteiger partial charge in [-0.15, -0.1) is 12.3 Å². The summed E-state index contributed by atoms with van der Waals surface area (Å²) in [5.74, 6) is 3.56. The zero-order chi connectivity index (χ0) is 10.9. The van der Waals surface area contributed by atoms with E-state index in [1.54, 1.807) is 0 Å². The molecule has 0 saturated heterocycles. The standard InChI is InChI=1S/C13H17NO/c1-3-7-12(14-2)10-11-15-13-8-5-4-6-9-13/h1,4-6,8-9,12,14H,7,10-11H2,2H3. The van der Waals surface area contributed by atoms with Crippen molar-refractivity contribution in [3.63, 3.8) is 0 Å². The number of hydrogen-bond acceptors (Lipinski definition) is 2. The maximum Gasteiger partial charge on any atom is 0.119 e. The Morgan fingerprint density at radius 1 is 1.40 bits per heavy atom. The van der Waals surface area contributed by atoms with Crippen LogP contribution < -0.4 is 10.1 Å². The molecule has 0 aliphatic rings. The summed E-state index contributed by atoms with van der Waals surface area (Å²) in [6, 6.07) is 10.2. The molecule has 2 heteroatoms. The van der Waals surface area contributed by atoms with Gasteiger partial charge in [-0.25, -0.2) is 0 Å². The predicted molar refractivity (Wildman–Crippen MR) is 62.9 cm³/mol. The summed E-state index contributed by atoms with van der Waals surface area (Å²) in [6.45, 7) is 0.692. The van der Waals surface area contributed by atoms with E-state index in [4.69, 9.17) is 11.2 Å². The molecule has 0 heterocycles. The number of ether oxygens (including phenoxy) is 1. The molecule has 0 aliphatic heterocycles. The lowest BCUT2D eigenvalue weighted by atomic mass is 10.1. The number of para-hydroxylation sites is 1. The fraction of sp³-hybridized carbons (Fsp3) is 0.385. The number of hydrogen-bond donors (Lipinski definition) is 1. The quantitative estimate of drug-likeness (QED) is 0.715. The Hall–Kier alpha value is -1.46. The van der Waals surface area contributed by atoms with E-state index in [0.29, 0.717) is 12.6 Å². The Balaban J connectivity index is 2.24. The molecular weight excluding hydrogens is 186 g/mol. The summed E-state index contributed by atoms with van der Waals surface area (Å²) in [6.07, 6.45) is 6.93. The Morgan fingerprint density at radius 2 is 2.13 bits per heavy atom. The molecule has 0 spiro atoms. The molecule has 1 N–H and O–H groups in total. The van der Waals surface area contributed by atoms with E-state index < -0.39 is 0 Å². The van der Waals surface area contributed by atoms with Gasteiger partial charge in [-0.05, 0) is 25.6 Å².